The summed E-state index contributed by atoms with van der Waals surface area (Å²) < 4.78 is 32.2. The maximum Gasteiger partial charge on any atom is 0.243 e. The van der Waals surface area contributed by atoms with E-state index in [1.807, 2.05) is 6.92 Å². The summed E-state index contributed by atoms with van der Waals surface area (Å²) in [7, 11) is -1.93. The molecule has 1 heterocycles. The summed E-state index contributed by atoms with van der Waals surface area (Å²) in [6, 6.07) is 6.08. The number of Topliss-reactive ketones (excluding diaryl/α,β-unsaturated/α-hetero) is 1. The van der Waals surface area contributed by atoms with Gasteiger partial charge in [0.15, 0.2) is 5.78 Å². The molecule has 0 aromatic heterocycles. The Kier molecular flexibility index (Phi) is 4.51. The third kappa shape index (κ3) is 3.33. The lowest BCUT2D eigenvalue weighted by atomic mass is 9.96. The van der Waals surface area contributed by atoms with Gasteiger partial charge in [0.2, 0.25) is 10.0 Å². The van der Waals surface area contributed by atoms with Crippen molar-refractivity contribution in [3.8, 4) is 0 Å². The first-order chi connectivity index (χ1) is 9.78. The summed E-state index contributed by atoms with van der Waals surface area (Å²) in [6.07, 6.45) is 1.62. The Labute approximate surface area is 126 Å². The maximum atomic E-state index is 12.7. The number of benzene rings is 1. The number of ketones is 1. The number of methoxy groups -OCH3 is 1. The zero-order valence-electron chi connectivity index (χ0n) is 12.6. The maximum absolute atomic E-state index is 12.7. The number of piperidine rings is 1. The summed E-state index contributed by atoms with van der Waals surface area (Å²) in [5.41, 5.74) is 0.0688. The van der Waals surface area contributed by atoms with Crippen LogP contribution in [0.15, 0.2) is 29.2 Å². The van der Waals surface area contributed by atoms with Crippen LogP contribution >= 0.6 is 0 Å². The van der Waals surface area contributed by atoms with E-state index in [1.54, 1.807) is 19.2 Å². The molecule has 1 fully saturated rings. The average Bonchev–Trinajstić information content (AvgIpc) is 2.47. The number of carbonyl (C=O) groups is 1. The lowest BCUT2D eigenvalue weighted by Gasteiger charge is -2.38. The highest BCUT2D eigenvalue weighted by atomic mass is 32.2. The van der Waals surface area contributed by atoms with Gasteiger partial charge in [-0.2, -0.15) is 4.31 Å². The predicted molar refractivity (Wildman–Crippen MR) is 79.9 cm³/mol. The van der Waals surface area contributed by atoms with Crippen molar-refractivity contribution < 1.29 is 17.9 Å². The zero-order chi connectivity index (χ0) is 15.7. The topological polar surface area (TPSA) is 63.7 Å². The summed E-state index contributed by atoms with van der Waals surface area (Å²) in [5, 5.41) is 0. The van der Waals surface area contributed by atoms with Crippen LogP contribution in [-0.2, 0) is 14.8 Å². The molecule has 1 unspecified atom stereocenters. The van der Waals surface area contributed by atoms with Gasteiger partial charge in [0.25, 0.3) is 0 Å². The van der Waals surface area contributed by atoms with E-state index in [1.165, 1.54) is 23.4 Å². The fraction of sp³-hybridized carbons (Fsp3) is 0.533. The first-order valence-electron chi connectivity index (χ1n) is 6.95. The first kappa shape index (κ1) is 16.1. The highest BCUT2D eigenvalue weighted by molar-refractivity contribution is 7.89. The molecule has 5 nitrogen and oxygen atoms in total. The number of hydrogen-bond donors (Lipinski definition) is 0. The number of sulfonamides is 1. The molecule has 1 aromatic carbocycles. The van der Waals surface area contributed by atoms with Crippen LogP contribution in [0.3, 0.4) is 0 Å². The lowest BCUT2D eigenvalue weighted by molar-refractivity contribution is -0.0319. The molecule has 6 heteroatoms. The number of carbonyl (C=O) groups excluding carboxylic acids is 1. The quantitative estimate of drug-likeness (QED) is 0.799. The molecule has 1 aliphatic rings. The first-order valence-corrected chi connectivity index (χ1v) is 8.39. The normalized spacial score (nSPS) is 24.0. The fourth-order valence-corrected chi connectivity index (χ4v) is 4.13. The summed E-state index contributed by atoms with van der Waals surface area (Å²) in [5.74, 6) is -0.0797. The molecule has 1 atom stereocenters. The minimum Gasteiger partial charge on any atom is -0.377 e. The summed E-state index contributed by atoms with van der Waals surface area (Å²) in [6.45, 7) is 4.22. The van der Waals surface area contributed by atoms with Gasteiger partial charge in [0.05, 0.1) is 10.5 Å². The van der Waals surface area contributed by atoms with Crippen molar-refractivity contribution in [3.63, 3.8) is 0 Å². The Bertz CT molecular complexity index is 624. The molecule has 0 spiro atoms. The smallest absolute Gasteiger partial charge is 0.243 e. The van der Waals surface area contributed by atoms with E-state index in [-0.39, 0.29) is 10.7 Å². The van der Waals surface area contributed by atoms with E-state index in [4.69, 9.17) is 4.74 Å². The number of nitrogens with zero attached hydrogens (tertiary/aromatic N) is 1. The second-order valence-electron chi connectivity index (χ2n) is 5.68. The Morgan fingerprint density at radius 1 is 1.29 bits per heavy atom. The minimum atomic E-state index is -3.54. The molecule has 0 amide bonds. The highest BCUT2D eigenvalue weighted by Gasteiger charge is 2.36. The third-order valence-electron chi connectivity index (χ3n) is 4.02. The van der Waals surface area contributed by atoms with Gasteiger partial charge in [-0.25, -0.2) is 8.42 Å². The van der Waals surface area contributed by atoms with Gasteiger partial charge in [-0.15, -0.1) is 0 Å². The van der Waals surface area contributed by atoms with Crippen molar-refractivity contribution in [1.29, 1.82) is 0 Å². The van der Waals surface area contributed by atoms with Gasteiger partial charge >= 0.3 is 0 Å². The Hall–Kier alpha value is -1.24. The molecular formula is C15H21NO4S. The van der Waals surface area contributed by atoms with E-state index in [9.17, 15) is 13.2 Å². The Morgan fingerprint density at radius 3 is 2.43 bits per heavy atom. The van der Waals surface area contributed by atoms with Gasteiger partial charge in [-0.1, -0.05) is 12.1 Å². The van der Waals surface area contributed by atoms with Gasteiger partial charge in [0.1, 0.15) is 0 Å². The van der Waals surface area contributed by atoms with Gasteiger partial charge in [-0.05, 0) is 38.8 Å². The molecule has 2 rings (SSSR count). The van der Waals surface area contributed by atoms with E-state index in [2.05, 4.69) is 0 Å². The molecule has 1 aromatic rings. The third-order valence-corrected chi connectivity index (χ3v) is 5.87. The lowest BCUT2D eigenvalue weighted by Crippen LogP contribution is -2.49. The van der Waals surface area contributed by atoms with Gasteiger partial charge in [-0.3, -0.25) is 4.79 Å². The van der Waals surface area contributed by atoms with E-state index in [0.29, 0.717) is 18.7 Å². The molecule has 1 aliphatic heterocycles. The van der Waals surface area contributed by atoms with Crippen LogP contribution in [0.5, 0.6) is 0 Å². The Balaban J connectivity index is 2.27. The second kappa shape index (κ2) is 5.87. The van der Waals surface area contributed by atoms with Crippen LogP contribution in [0, 0.1) is 0 Å². The molecule has 0 bridgehead atoms. The standard InChI is InChI=1S/C15H21NO4S/c1-12(17)13-5-7-14(8-6-13)21(18,19)16-10-4-9-15(2,11-16)20-3/h5-8H,4,9-11H2,1-3H3. The van der Waals surface area contributed by atoms with Crippen LogP contribution < -0.4 is 0 Å². The molecule has 0 saturated carbocycles. The van der Waals surface area contributed by atoms with E-state index < -0.39 is 15.6 Å². The molecule has 21 heavy (non-hydrogen) atoms. The molecule has 1 saturated heterocycles. The van der Waals surface area contributed by atoms with Crippen LogP contribution in [0.2, 0.25) is 0 Å². The molecule has 116 valence electrons. The fourth-order valence-electron chi connectivity index (χ4n) is 2.54. The van der Waals surface area contributed by atoms with Crippen molar-refractivity contribution in [2.45, 2.75) is 37.2 Å². The van der Waals surface area contributed by atoms with Gasteiger partial charge in [0, 0.05) is 25.8 Å². The molecule has 0 radical (unpaired) electrons. The van der Waals surface area contributed by atoms with Crippen LogP contribution in [0.4, 0.5) is 0 Å². The van der Waals surface area contributed by atoms with Crippen molar-refractivity contribution in [3.05, 3.63) is 29.8 Å². The van der Waals surface area contributed by atoms with Crippen molar-refractivity contribution in [1.82, 2.24) is 4.31 Å². The second-order valence-corrected chi connectivity index (χ2v) is 7.61. The van der Waals surface area contributed by atoms with E-state index in [0.717, 1.165) is 12.8 Å². The summed E-state index contributed by atoms with van der Waals surface area (Å²) in [4.78, 5) is 11.5. The van der Waals surface area contributed by atoms with Crippen LogP contribution in [0.1, 0.15) is 37.0 Å². The van der Waals surface area contributed by atoms with Gasteiger partial charge < -0.3 is 4.74 Å². The number of ether oxygens (including phenoxy) is 1. The highest BCUT2D eigenvalue weighted by Crippen LogP contribution is 2.28. The SMILES string of the molecule is COC1(C)CCCN(S(=O)(=O)c2ccc(C(C)=O)cc2)C1. The van der Waals surface area contributed by atoms with Crippen molar-refractivity contribution in [2.75, 3.05) is 20.2 Å². The number of rotatable bonds is 4. The number of hydrogen-bond acceptors (Lipinski definition) is 4. The largest absolute Gasteiger partial charge is 0.377 e. The van der Waals surface area contributed by atoms with Crippen LogP contribution in [-0.4, -0.2) is 44.3 Å². The van der Waals surface area contributed by atoms with Crippen LogP contribution in [0.25, 0.3) is 0 Å². The minimum absolute atomic E-state index is 0.0797. The Morgan fingerprint density at radius 2 is 1.90 bits per heavy atom. The molecule has 0 aliphatic carbocycles. The van der Waals surface area contributed by atoms with Crippen molar-refractivity contribution in [2.24, 2.45) is 0 Å². The molecular weight excluding hydrogens is 290 g/mol. The van der Waals surface area contributed by atoms with Crippen molar-refractivity contribution >= 4 is 15.8 Å². The molecule has 0 N–H and O–H groups in total. The average molecular weight is 311 g/mol. The van der Waals surface area contributed by atoms with E-state index >= 15 is 0 Å². The summed E-state index contributed by atoms with van der Waals surface area (Å²) >= 11 is 0. The monoisotopic (exact) mass is 311 g/mol. The predicted octanol–water partition coefficient (Wildman–Crippen LogP) is 2.08. The zero-order valence-corrected chi connectivity index (χ0v) is 13.4.